The lowest BCUT2D eigenvalue weighted by molar-refractivity contribution is 0.340. The van der Waals surface area contributed by atoms with Gasteiger partial charge in [-0.25, -0.2) is 9.66 Å². The second-order valence-corrected chi connectivity index (χ2v) is 4.81. The molecule has 0 aliphatic heterocycles. The highest BCUT2D eigenvalue weighted by atomic mass is 16.5. The van der Waals surface area contributed by atoms with E-state index in [4.69, 9.17) is 16.3 Å². The van der Waals surface area contributed by atoms with Crippen LogP contribution in [0.4, 0.5) is 5.82 Å². The van der Waals surface area contributed by atoms with Crippen molar-refractivity contribution in [3.63, 3.8) is 0 Å². The van der Waals surface area contributed by atoms with Gasteiger partial charge in [-0.3, -0.25) is 0 Å². The summed E-state index contributed by atoms with van der Waals surface area (Å²) in [5.41, 5.74) is 7.76. The third-order valence-electron chi connectivity index (χ3n) is 3.36. The molecule has 1 aliphatic carbocycles. The third kappa shape index (κ3) is 2.12. The lowest BCUT2D eigenvalue weighted by Gasteiger charge is -2.04. The maximum absolute atomic E-state index is 6.04. The van der Waals surface area contributed by atoms with Gasteiger partial charge < -0.3 is 16.3 Å². The summed E-state index contributed by atoms with van der Waals surface area (Å²) in [6.45, 7) is 2.62. The molecule has 0 unspecified atom stereocenters. The van der Waals surface area contributed by atoms with Crippen LogP contribution in [0.5, 0.6) is 5.75 Å². The molecule has 100 valence electrons. The number of ether oxygens (including phenoxy) is 1. The van der Waals surface area contributed by atoms with Crippen LogP contribution < -0.4 is 16.3 Å². The summed E-state index contributed by atoms with van der Waals surface area (Å²) >= 11 is 0. The summed E-state index contributed by atoms with van der Waals surface area (Å²) in [7, 11) is 0. The number of nitrogens with zero attached hydrogens (tertiary/aromatic N) is 2. The van der Waals surface area contributed by atoms with Crippen LogP contribution in [0, 0.1) is 0 Å². The minimum absolute atomic E-state index is 0.476. The van der Waals surface area contributed by atoms with Crippen LogP contribution in [-0.2, 0) is 0 Å². The number of anilines is 1. The van der Waals surface area contributed by atoms with Crippen LogP contribution in [-0.4, -0.2) is 16.3 Å². The van der Waals surface area contributed by atoms with E-state index in [9.17, 15) is 0 Å². The van der Waals surface area contributed by atoms with Crippen molar-refractivity contribution in [1.29, 1.82) is 0 Å². The van der Waals surface area contributed by atoms with Crippen LogP contribution in [0.3, 0.4) is 0 Å². The molecular weight excluding hydrogens is 240 g/mol. The Labute approximate surface area is 112 Å². The maximum Gasteiger partial charge on any atom is 0.150 e. The molecule has 3 rings (SSSR count). The lowest BCUT2D eigenvalue weighted by Crippen LogP contribution is -2.14. The molecule has 1 aromatic heterocycles. The Bertz CT molecular complexity index is 584. The SMILES string of the molecule is CCOc1ccc(-c2nc(C3CC3)n(N)c2N)cc1. The highest BCUT2D eigenvalue weighted by Gasteiger charge is 2.30. The number of hydrogen-bond donors (Lipinski definition) is 2. The number of nitrogens with two attached hydrogens (primary N) is 2. The van der Waals surface area contributed by atoms with Crippen molar-refractivity contribution >= 4 is 5.82 Å². The van der Waals surface area contributed by atoms with Gasteiger partial charge in [0.05, 0.1) is 6.61 Å². The molecular formula is C14H18N4O. The highest BCUT2D eigenvalue weighted by molar-refractivity contribution is 5.71. The second-order valence-electron chi connectivity index (χ2n) is 4.81. The standard InChI is InChI=1S/C14H18N4O/c1-2-19-11-7-5-9(6-8-11)12-13(15)18(16)14(17-12)10-3-4-10/h5-8,10H,2-4,15-16H2,1H3. The first-order chi connectivity index (χ1) is 9.20. The predicted octanol–water partition coefficient (Wildman–Crippen LogP) is 2.12. The van der Waals surface area contributed by atoms with E-state index in [1.54, 1.807) is 0 Å². The van der Waals surface area contributed by atoms with Crippen LogP contribution in [0.2, 0.25) is 0 Å². The third-order valence-corrected chi connectivity index (χ3v) is 3.36. The van der Waals surface area contributed by atoms with Gasteiger partial charge in [-0.2, -0.15) is 0 Å². The quantitative estimate of drug-likeness (QED) is 0.823. The molecule has 2 aromatic rings. The van der Waals surface area contributed by atoms with Crippen molar-refractivity contribution in [3.05, 3.63) is 30.1 Å². The van der Waals surface area contributed by atoms with Crippen molar-refractivity contribution < 1.29 is 4.74 Å². The van der Waals surface area contributed by atoms with E-state index in [2.05, 4.69) is 4.98 Å². The van der Waals surface area contributed by atoms with Crippen molar-refractivity contribution in [1.82, 2.24) is 9.66 Å². The van der Waals surface area contributed by atoms with Crippen molar-refractivity contribution in [2.75, 3.05) is 18.2 Å². The first-order valence-electron chi connectivity index (χ1n) is 6.57. The average Bonchev–Trinajstić information content (AvgIpc) is 3.21. The monoisotopic (exact) mass is 258 g/mol. The van der Waals surface area contributed by atoms with E-state index < -0.39 is 0 Å². The number of hydrogen-bond acceptors (Lipinski definition) is 4. The van der Waals surface area contributed by atoms with Gasteiger partial charge in [0.2, 0.25) is 0 Å². The van der Waals surface area contributed by atoms with Gasteiger partial charge >= 0.3 is 0 Å². The number of nitrogen functional groups attached to an aromatic ring is 2. The van der Waals surface area contributed by atoms with E-state index in [1.807, 2.05) is 31.2 Å². The van der Waals surface area contributed by atoms with E-state index >= 15 is 0 Å². The van der Waals surface area contributed by atoms with E-state index in [0.29, 0.717) is 18.3 Å². The van der Waals surface area contributed by atoms with Crippen LogP contribution in [0.15, 0.2) is 24.3 Å². The van der Waals surface area contributed by atoms with Crippen LogP contribution in [0.1, 0.15) is 31.5 Å². The van der Waals surface area contributed by atoms with Crippen LogP contribution in [0.25, 0.3) is 11.3 Å². The molecule has 5 heteroatoms. The van der Waals surface area contributed by atoms with Gasteiger partial charge in [-0.05, 0) is 44.0 Å². The lowest BCUT2D eigenvalue weighted by atomic mass is 10.1. The summed E-state index contributed by atoms with van der Waals surface area (Å²) in [4.78, 5) is 4.59. The summed E-state index contributed by atoms with van der Waals surface area (Å²) in [6, 6.07) is 7.76. The predicted molar refractivity (Wildman–Crippen MR) is 75.4 cm³/mol. The molecule has 1 saturated carbocycles. The van der Waals surface area contributed by atoms with E-state index in [1.165, 1.54) is 4.68 Å². The molecule has 0 radical (unpaired) electrons. The smallest absolute Gasteiger partial charge is 0.150 e. The molecule has 0 atom stereocenters. The fraction of sp³-hybridized carbons (Fsp3) is 0.357. The fourth-order valence-electron chi connectivity index (χ4n) is 2.18. The van der Waals surface area contributed by atoms with Crippen molar-refractivity contribution in [2.45, 2.75) is 25.7 Å². The van der Waals surface area contributed by atoms with Gasteiger partial charge in [0.25, 0.3) is 0 Å². The summed E-state index contributed by atoms with van der Waals surface area (Å²) < 4.78 is 6.94. The molecule has 1 aromatic carbocycles. The highest BCUT2D eigenvalue weighted by Crippen LogP contribution is 2.41. The molecule has 4 N–H and O–H groups in total. The molecule has 5 nitrogen and oxygen atoms in total. The van der Waals surface area contributed by atoms with Gasteiger partial charge in [0, 0.05) is 11.5 Å². The molecule has 0 spiro atoms. The fourth-order valence-corrected chi connectivity index (χ4v) is 2.18. The zero-order chi connectivity index (χ0) is 13.4. The minimum atomic E-state index is 0.476. The summed E-state index contributed by atoms with van der Waals surface area (Å²) in [5.74, 6) is 8.70. The van der Waals surface area contributed by atoms with Crippen LogP contribution >= 0.6 is 0 Å². The molecule has 1 heterocycles. The minimum Gasteiger partial charge on any atom is -0.494 e. The van der Waals surface area contributed by atoms with Crippen molar-refractivity contribution in [3.8, 4) is 17.0 Å². The number of benzene rings is 1. The zero-order valence-electron chi connectivity index (χ0n) is 11.0. The zero-order valence-corrected chi connectivity index (χ0v) is 11.0. The normalized spacial score (nSPS) is 14.6. The Morgan fingerprint density at radius 3 is 2.58 bits per heavy atom. The molecule has 19 heavy (non-hydrogen) atoms. The maximum atomic E-state index is 6.04. The molecule has 1 fully saturated rings. The van der Waals surface area contributed by atoms with Gasteiger partial charge in [0.1, 0.15) is 17.3 Å². The van der Waals surface area contributed by atoms with Gasteiger partial charge in [0.15, 0.2) is 5.82 Å². The Morgan fingerprint density at radius 2 is 2.00 bits per heavy atom. The summed E-state index contributed by atoms with van der Waals surface area (Å²) in [6.07, 6.45) is 2.30. The van der Waals surface area contributed by atoms with E-state index in [-0.39, 0.29) is 0 Å². The second kappa shape index (κ2) is 4.50. The number of imidazole rings is 1. The Morgan fingerprint density at radius 1 is 1.32 bits per heavy atom. The topological polar surface area (TPSA) is 79.1 Å². The Kier molecular flexibility index (Phi) is 2.81. The largest absolute Gasteiger partial charge is 0.494 e. The van der Waals surface area contributed by atoms with E-state index in [0.717, 1.165) is 35.7 Å². The number of rotatable bonds is 4. The molecule has 0 bridgehead atoms. The van der Waals surface area contributed by atoms with Gasteiger partial charge in [-0.1, -0.05) is 0 Å². The summed E-state index contributed by atoms with van der Waals surface area (Å²) in [5, 5.41) is 0. The Balaban J connectivity index is 1.94. The Hall–Kier alpha value is -2.17. The molecule has 0 saturated heterocycles. The number of aromatic nitrogens is 2. The first-order valence-corrected chi connectivity index (χ1v) is 6.57. The average molecular weight is 258 g/mol. The first kappa shape index (κ1) is 11.9. The molecule has 0 amide bonds. The molecule has 1 aliphatic rings. The van der Waals surface area contributed by atoms with Crippen molar-refractivity contribution in [2.24, 2.45) is 0 Å². The van der Waals surface area contributed by atoms with Gasteiger partial charge in [-0.15, -0.1) is 0 Å².